The lowest BCUT2D eigenvalue weighted by Crippen LogP contribution is -2.40. The van der Waals surface area contributed by atoms with Crippen LogP contribution in [0.4, 0.5) is 0 Å². The second kappa shape index (κ2) is 5.95. The van der Waals surface area contributed by atoms with Crippen LogP contribution in [-0.4, -0.2) is 32.1 Å². The van der Waals surface area contributed by atoms with Gasteiger partial charge in [-0.25, -0.2) is 12.7 Å². The van der Waals surface area contributed by atoms with Gasteiger partial charge < -0.3 is 10.2 Å². The fourth-order valence-electron chi connectivity index (χ4n) is 2.52. The van der Waals surface area contributed by atoms with Gasteiger partial charge in [0.1, 0.15) is 5.76 Å². The lowest BCUT2D eigenvalue weighted by Gasteiger charge is -2.31. The van der Waals surface area contributed by atoms with Crippen LogP contribution in [0.5, 0.6) is 0 Å². The summed E-state index contributed by atoms with van der Waals surface area (Å²) in [6.07, 6.45) is 3.92. The van der Waals surface area contributed by atoms with Crippen LogP contribution < -0.4 is 5.73 Å². The highest BCUT2D eigenvalue weighted by Gasteiger charge is 2.27. The summed E-state index contributed by atoms with van der Waals surface area (Å²) in [5.41, 5.74) is 6.11. The van der Waals surface area contributed by atoms with Crippen molar-refractivity contribution in [3.05, 3.63) is 22.6 Å². The standard InChI is InChI=1S/C12H19BrN2O3S/c1-19(16,17)15-6-2-3-9(8-15)7-10(14)11-4-5-12(13)18-11/h4-5,9-10H,2-3,6-8,14H2,1H3. The fraction of sp³-hybridized carbons (Fsp3) is 0.667. The summed E-state index contributed by atoms with van der Waals surface area (Å²) in [7, 11) is -3.09. The Morgan fingerprint density at radius 1 is 1.58 bits per heavy atom. The van der Waals surface area contributed by atoms with E-state index in [9.17, 15) is 8.42 Å². The molecule has 2 heterocycles. The molecule has 1 fully saturated rings. The molecule has 0 saturated carbocycles. The zero-order valence-corrected chi connectivity index (χ0v) is 13.3. The van der Waals surface area contributed by atoms with Gasteiger partial charge >= 0.3 is 0 Å². The number of nitrogens with zero attached hydrogens (tertiary/aromatic N) is 1. The molecule has 0 aliphatic carbocycles. The van der Waals surface area contributed by atoms with Gasteiger partial charge in [0.15, 0.2) is 4.67 Å². The van der Waals surface area contributed by atoms with Gasteiger partial charge in [0.2, 0.25) is 10.0 Å². The largest absolute Gasteiger partial charge is 0.453 e. The van der Waals surface area contributed by atoms with Crippen LogP contribution in [-0.2, 0) is 10.0 Å². The minimum Gasteiger partial charge on any atom is -0.453 e. The smallest absolute Gasteiger partial charge is 0.211 e. The summed E-state index contributed by atoms with van der Waals surface area (Å²) in [5.74, 6) is 1.03. The first kappa shape index (κ1) is 15.0. The van der Waals surface area contributed by atoms with Crippen molar-refractivity contribution in [1.29, 1.82) is 0 Å². The average molecular weight is 351 g/mol. The highest BCUT2D eigenvalue weighted by Crippen LogP contribution is 2.28. The summed E-state index contributed by atoms with van der Waals surface area (Å²) in [6, 6.07) is 3.49. The van der Waals surface area contributed by atoms with E-state index in [2.05, 4.69) is 15.9 Å². The van der Waals surface area contributed by atoms with Crippen molar-refractivity contribution in [1.82, 2.24) is 4.31 Å². The summed E-state index contributed by atoms with van der Waals surface area (Å²) >= 11 is 3.25. The van der Waals surface area contributed by atoms with Crippen molar-refractivity contribution in [2.45, 2.75) is 25.3 Å². The highest BCUT2D eigenvalue weighted by molar-refractivity contribution is 9.10. The van der Waals surface area contributed by atoms with E-state index in [1.807, 2.05) is 12.1 Å². The molecule has 0 radical (unpaired) electrons. The van der Waals surface area contributed by atoms with E-state index in [4.69, 9.17) is 10.2 Å². The van der Waals surface area contributed by atoms with Crippen LogP contribution in [0.3, 0.4) is 0 Å². The Labute approximate surface area is 122 Å². The van der Waals surface area contributed by atoms with E-state index in [0.29, 0.717) is 23.7 Å². The number of nitrogens with two attached hydrogens (primary N) is 1. The summed E-state index contributed by atoms with van der Waals surface area (Å²) in [5, 5.41) is 0. The van der Waals surface area contributed by atoms with E-state index in [-0.39, 0.29) is 6.04 Å². The zero-order chi connectivity index (χ0) is 14.0. The molecule has 0 bridgehead atoms. The van der Waals surface area contributed by atoms with Crippen molar-refractivity contribution < 1.29 is 12.8 Å². The molecule has 2 N–H and O–H groups in total. The number of halogens is 1. The van der Waals surface area contributed by atoms with Crippen LogP contribution in [0.15, 0.2) is 21.2 Å². The molecule has 0 spiro atoms. The molecule has 1 aromatic rings. The van der Waals surface area contributed by atoms with Gasteiger partial charge in [0, 0.05) is 13.1 Å². The molecule has 19 heavy (non-hydrogen) atoms. The number of sulfonamides is 1. The Hall–Kier alpha value is -0.370. The van der Waals surface area contributed by atoms with E-state index in [0.717, 1.165) is 25.0 Å². The Bertz CT molecular complexity index is 529. The molecule has 7 heteroatoms. The number of rotatable bonds is 4. The number of furan rings is 1. The number of piperidine rings is 1. The Morgan fingerprint density at radius 3 is 2.89 bits per heavy atom. The molecular formula is C12H19BrN2O3S. The first-order chi connectivity index (χ1) is 8.86. The molecule has 2 rings (SSSR count). The third-order valence-corrected chi connectivity index (χ3v) is 5.19. The molecule has 2 unspecified atom stereocenters. The molecular weight excluding hydrogens is 332 g/mol. The van der Waals surface area contributed by atoms with E-state index in [1.54, 1.807) is 4.31 Å². The third-order valence-electron chi connectivity index (χ3n) is 3.50. The quantitative estimate of drug-likeness (QED) is 0.901. The first-order valence-corrected chi connectivity index (χ1v) is 8.96. The molecule has 1 aliphatic heterocycles. The average Bonchev–Trinajstić information content (AvgIpc) is 2.75. The Morgan fingerprint density at radius 2 is 2.32 bits per heavy atom. The fourth-order valence-corrected chi connectivity index (χ4v) is 3.78. The Balaban J connectivity index is 1.95. The molecule has 5 nitrogen and oxygen atoms in total. The first-order valence-electron chi connectivity index (χ1n) is 6.32. The van der Waals surface area contributed by atoms with Gasteiger partial charge in [-0.2, -0.15) is 0 Å². The van der Waals surface area contributed by atoms with Crippen molar-refractivity contribution in [3.63, 3.8) is 0 Å². The van der Waals surface area contributed by atoms with Crippen LogP contribution >= 0.6 is 15.9 Å². The number of hydrogen-bond acceptors (Lipinski definition) is 4. The molecule has 1 aliphatic rings. The molecule has 0 aromatic carbocycles. The van der Waals surface area contributed by atoms with Gasteiger partial charge in [0.05, 0.1) is 12.3 Å². The van der Waals surface area contributed by atoms with Crippen molar-refractivity contribution in [2.75, 3.05) is 19.3 Å². The minimum absolute atomic E-state index is 0.184. The van der Waals surface area contributed by atoms with Crippen LogP contribution in [0, 0.1) is 5.92 Å². The molecule has 0 amide bonds. The van der Waals surface area contributed by atoms with Gasteiger partial charge in [0.25, 0.3) is 0 Å². The SMILES string of the molecule is CS(=O)(=O)N1CCCC(CC(N)c2ccc(Br)o2)C1. The maximum Gasteiger partial charge on any atom is 0.211 e. The van der Waals surface area contributed by atoms with E-state index in [1.165, 1.54) is 6.26 Å². The van der Waals surface area contributed by atoms with Gasteiger partial charge in [-0.3, -0.25) is 0 Å². The number of hydrogen-bond donors (Lipinski definition) is 1. The monoisotopic (exact) mass is 350 g/mol. The third kappa shape index (κ3) is 4.05. The molecule has 2 atom stereocenters. The predicted molar refractivity (Wildman–Crippen MR) is 77.1 cm³/mol. The van der Waals surface area contributed by atoms with Gasteiger partial charge in [-0.1, -0.05) is 0 Å². The van der Waals surface area contributed by atoms with Crippen molar-refractivity contribution in [3.8, 4) is 0 Å². The van der Waals surface area contributed by atoms with Crippen molar-refractivity contribution in [2.24, 2.45) is 11.7 Å². The zero-order valence-electron chi connectivity index (χ0n) is 10.9. The van der Waals surface area contributed by atoms with Gasteiger partial charge in [-0.05, 0) is 53.2 Å². The summed E-state index contributed by atoms with van der Waals surface area (Å²) in [6.45, 7) is 1.19. The van der Waals surface area contributed by atoms with Gasteiger partial charge in [-0.15, -0.1) is 0 Å². The van der Waals surface area contributed by atoms with Crippen LogP contribution in [0.25, 0.3) is 0 Å². The molecule has 108 valence electrons. The van der Waals surface area contributed by atoms with E-state index < -0.39 is 10.0 Å². The van der Waals surface area contributed by atoms with Crippen LogP contribution in [0.2, 0.25) is 0 Å². The summed E-state index contributed by atoms with van der Waals surface area (Å²) in [4.78, 5) is 0. The lowest BCUT2D eigenvalue weighted by molar-refractivity contribution is 0.240. The maximum atomic E-state index is 11.6. The maximum absolute atomic E-state index is 11.6. The van der Waals surface area contributed by atoms with Crippen molar-refractivity contribution >= 4 is 26.0 Å². The Kier molecular flexibility index (Phi) is 4.70. The van der Waals surface area contributed by atoms with Crippen LogP contribution in [0.1, 0.15) is 31.1 Å². The second-order valence-electron chi connectivity index (χ2n) is 5.11. The normalized spacial score (nSPS) is 23.4. The molecule has 1 saturated heterocycles. The summed E-state index contributed by atoms with van der Waals surface area (Å²) < 4.78 is 30.8. The predicted octanol–water partition coefficient (Wildman–Crippen LogP) is 2.10. The second-order valence-corrected chi connectivity index (χ2v) is 7.88. The topological polar surface area (TPSA) is 76.5 Å². The lowest BCUT2D eigenvalue weighted by atomic mass is 9.92. The highest BCUT2D eigenvalue weighted by atomic mass is 79.9. The van der Waals surface area contributed by atoms with E-state index >= 15 is 0 Å². The molecule has 1 aromatic heterocycles. The minimum atomic E-state index is -3.09.